The maximum absolute atomic E-state index is 13.6. The fourth-order valence-electron chi connectivity index (χ4n) is 4.27. The van der Waals surface area contributed by atoms with Crippen LogP contribution in [0.15, 0.2) is 36.4 Å². The molecule has 6 nitrogen and oxygen atoms in total. The summed E-state index contributed by atoms with van der Waals surface area (Å²) in [7, 11) is 0. The maximum Gasteiger partial charge on any atom is 0.254 e. The van der Waals surface area contributed by atoms with Gasteiger partial charge in [-0.25, -0.2) is 4.39 Å². The lowest BCUT2D eigenvalue weighted by molar-refractivity contribution is -0.126. The summed E-state index contributed by atoms with van der Waals surface area (Å²) >= 11 is 0. The zero-order chi connectivity index (χ0) is 20.1. The third-order valence-corrected chi connectivity index (χ3v) is 5.95. The quantitative estimate of drug-likeness (QED) is 0.783. The minimum Gasteiger partial charge on any atom is -0.454 e. The summed E-state index contributed by atoms with van der Waals surface area (Å²) in [5.74, 6) is 0.546. The number of aryl methyl sites for hydroxylation is 1. The number of fused-ring (bicyclic) bond motifs is 2. The highest BCUT2D eigenvalue weighted by molar-refractivity contribution is 6.00. The topological polar surface area (TPSA) is 59.1 Å². The molecule has 5 rings (SSSR count). The highest BCUT2D eigenvalue weighted by Gasteiger charge is 2.41. The summed E-state index contributed by atoms with van der Waals surface area (Å²) in [4.78, 5) is 29.3. The van der Waals surface area contributed by atoms with Crippen molar-refractivity contribution in [3.05, 3.63) is 53.3 Å². The Balaban J connectivity index is 1.28. The molecule has 1 fully saturated rings. The number of halogens is 1. The first-order valence-corrected chi connectivity index (χ1v) is 9.81. The molecule has 0 radical (unpaired) electrons. The first-order chi connectivity index (χ1) is 14.0. The lowest BCUT2D eigenvalue weighted by Crippen LogP contribution is -2.58. The van der Waals surface area contributed by atoms with E-state index in [4.69, 9.17) is 9.47 Å². The van der Waals surface area contributed by atoms with Crippen molar-refractivity contribution in [1.82, 2.24) is 4.90 Å². The van der Waals surface area contributed by atoms with Crippen molar-refractivity contribution in [2.75, 3.05) is 24.8 Å². The van der Waals surface area contributed by atoms with Gasteiger partial charge in [0, 0.05) is 30.4 Å². The molecule has 2 aromatic rings. The molecule has 0 aliphatic carbocycles. The van der Waals surface area contributed by atoms with Crippen LogP contribution in [0.2, 0.25) is 0 Å². The fourth-order valence-corrected chi connectivity index (χ4v) is 4.27. The minimum atomic E-state index is -0.283. The molecule has 3 heterocycles. The Kier molecular flexibility index (Phi) is 4.19. The van der Waals surface area contributed by atoms with Gasteiger partial charge in [-0.05, 0) is 61.7 Å². The van der Waals surface area contributed by atoms with Crippen molar-refractivity contribution < 1.29 is 23.5 Å². The Hall–Kier alpha value is -3.09. The lowest BCUT2D eigenvalue weighted by atomic mass is 9.91. The normalized spacial score (nSPS) is 20.3. The highest BCUT2D eigenvalue weighted by Crippen LogP contribution is 2.35. The van der Waals surface area contributed by atoms with Crippen molar-refractivity contribution >= 4 is 17.5 Å². The number of benzene rings is 2. The number of ether oxygens (including phenoxy) is 2. The van der Waals surface area contributed by atoms with Gasteiger partial charge in [0.25, 0.3) is 5.91 Å². The second-order valence-corrected chi connectivity index (χ2v) is 7.84. The molecule has 0 bridgehead atoms. The SMILES string of the molecule is CC1CCc2cc(F)ccc2N1C(=O)C1CN(C(=O)c2ccc3c(c2)OCO3)C1. The van der Waals surface area contributed by atoms with Crippen LogP contribution in [-0.4, -0.2) is 42.6 Å². The molecule has 3 aliphatic rings. The van der Waals surface area contributed by atoms with E-state index in [9.17, 15) is 14.0 Å². The summed E-state index contributed by atoms with van der Waals surface area (Å²) in [5.41, 5.74) is 2.17. The summed E-state index contributed by atoms with van der Waals surface area (Å²) in [6.07, 6.45) is 1.56. The van der Waals surface area contributed by atoms with Crippen LogP contribution in [0.25, 0.3) is 0 Å². The molecule has 2 amide bonds. The summed E-state index contributed by atoms with van der Waals surface area (Å²) in [5, 5.41) is 0. The minimum absolute atomic E-state index is 0.000190. The van der Waals surface area contributed by atoms with Gasteiger partial charge < -0.3 is 19.3 Å². The van der Waals surface area contributed by atoms with Crippen molar-refractivity contribution in [3.8, 4) is 11.5 Å². The summed E-state index contributed by atoms with van der Waals surface area (Å²) in [6, 6.07) is 9.76. The van der Waals surface area contributed by atoms with Gasteiger partial charge in [-0.2, -0.15) is 0 Å². The number of rotatable bonds is 2. The van der Waals surface area contributed by atoms with Crippen LogP contribution in [-0.2, 0) is 11.2 Å². The van der Waals surface area contributed by atoms with E-state index < -0.39 is 0 Å². The van der Waals surface area contributed by atoms with Gasteiger partial charge in [0.2, 0.25) is 12.7 Å². The van der Waals surface area contributed by atoms with Crippen LogP contribution >= 0.6 is 0 Å². The van der Waals surface area contributed by atoms with Crippen LogP contribution in [0.3, 0.4) is 0 Å². The van der Waals surface area contributed by atoms with Gasteiger partial charge in [-0.15, -0.1) is 0 Å². The van der Waals surface area contributed by atoms with Crippen LogP contribution in [0, 0.1) is 11.7 Å². The Morgan fingerprint density at radius 1 is 1.07 bits per heavy atom. The molecule has 3 aliphatic heterocycles. The average Bonchev–Trinajstić information content (AvgIpc) is 3.14. The van der Waals surface area contributed by atoms with Gasteiger partial charge >= 0.3 is 0 Å². The van der Waals surface area contributed by atoms with Crippen molar-refractivity contribution in [1.29, 1.82) is 0 Å². The Morgan fingerprint density at radius 2 is 1.86 bits per heavy atom. The molecule has 0 N–H and O–H groups in total. The maximum atomic E-state index is 13.6. The molecule has 0 saturated carbocycles. The van der Waals surface area contributed by atoms with Crippen molar-refractivity contribution in [2.24, 2.45) is 5.92 Å². The van der Waals surface area contributed by atoms with E-state index in [2.05, 4.69) is 0 Å². The summed E-state index contributed by atoms with van der Waals surface area (Å²) in [6.45, 7) is 2.93. The smallest absolute Gasteiger partial charge is 0.254 e. The number of nitrogens with zero attached hydrogens (tertiary/aromatic N) is 2. The van der Waals surface area contributed by atoms with Gasteiger partial charge in [0.05, 0.1) is 5.92 Å². The number of carbonyl (C=O) groups is 2. The van der Waals surface area contributed by atoms with Gasteiger partial charge in [0.15, 0.2) is 11.5 Å². The third kappa shape index (κ3) is 3.01. The number of hydrogen-bond donors (Lipinski definition) is 0. The molecule has 0 aromatic heterocycles. The van der Waals surface area contributed by atoms with Crippen LogP contribution in [0.1, 0.15) is 29.3 Å². The van der Waals surface area contributed by atoms with Gasteiger partial charge in [-0.3, -0.25) is 9.59 Å². The molecule has 2 aromatic carbocycles. The second-order valence-electron chi connectivity index (χ2n) is 7.84. The number of likely N-dealkylation sites (tertiary alicyclic amines) is 1. The fraction of sp³-hybridized carbons (Fsp3) is 0.364. The largest absolute Gasteiger partial charge is 0.454 e. The Bertz CT molecular complexity index is 1000. The van der Waals surface area contributed by atoms with E-state index in [0.29, 0.717) is 30.2 Å². The van der Waals surface area contributed by atoms with E-state index in [-0.39, 0.29) is 36.4 Å². The van der Waals surface area contributed by atoms with E-state index in [1.807, 2.05) is 6.92 Å². The molecule has 7 heteroatoms. The predicted molar refractivity (Wildman–Crippen MR) is 104 cm³/mol. The van der Waals surface area contributed by atoms with Gasteiger partial charge in [0.1, 0.15) is 5.82 Å². The van der Waals surface area contributed by atoms with E-state index in [1.165, 1.54) is 12.1 Å². The predicted octanol–water partition coefficient (Wildman–Crippen LogP) is 2.99. The van der Waals surface area contributed by atoms with Gasteiger partial charge in [-0.1, -0.05) is 0 Å². The number of carbonyl (C=O) groups excluding carboxylic acids is 2. The summed E-state index contributed by atoms with van der Waals surface area (Å²) < 4.78 is 24.2. The average molecular weight is 396 g/mol. The van der Waals surface area contributed by atoms with Crippen molar-refractivity contribution in [2.45, 2.75) is 25.8 Å². The Morgan fingerprint density at radius 3 is 2.69 bits per heavy atom. The van der Waals surface area contributed by atoms with E-state index in [1.54, 1.807) is 34.1 Å². The lowest BCUT2D eigenvalue weighted by Gasteiger charge is -2.43. The molecular formula is C22H21FN2O4. The van der Waals surface area contributed by atoms with Crippen LogP contribution in [0.5, 0.6) is 11.5 Å². The van der Waals surface area contributed by atoms with E-state index >= 15 is 0 Å². The standard InChI is InChI=1S/C22H21FN2O4/c1-13-2-3-14-8-17(23)5-6-18(14)25(13)22(27)16-10-24(11-16)21(26)15-4-7-19-20(9-15)29-12-28-19/h4-9,13,16H,2-3,10-12H2,1H3. The van der Waals surface area contributed by atoms with E-state index in [0.717, 1.165) is 24.1 Å². The number of amides is 2. The zero-order valence-corrected chi connectivity index (χ0v) is 16.1. The monoisotopic (exact) mass is 396 g/mol. The molecule has 29 heavy (non-hydrogen) atoms. The molecule has 150 valence electrons. The molecule has 1 unspecified atom stereocenters. The highest BCUT2D eigenvalue weighted by atomic mass is 19.1. The number of hydrogen-bond acceptors (Lipinski definition) is 4. The molecule has 1 atom stereocenters. The third-order valence-electron chi connectivity index (χ3n) is 5.95. The first kappa shape index (κ1) is 18.0. The second kappa shape index (κ2) is 6.76. The molecule has 0 spiro atoms. The zero-order valence-electron chi connectivity index (χ0n) is 16.1. The molecular weight excluding hydrogens is 375 g/mol. The van der Waals surface area contributed by atoms with Crippen LogP contribution < -0.4 is 14.4 Å². The molecule has 1 saturated heterocycles. The Labute approximate surface area is 167 Å². The first-order valence-electron chi connectivity index (χ1n) is 9.81. The van der Waals surface area contributed by atoms with Crippen LogP contribution in [0.4, 0.5) is 10.1 Å². The van der Waals surface area contributed by atoms with Crippen molar-refractivity contribution in [3.63, 3.8) is 0 Å². The number of anilines is 1.